The lowest BCUT2D eigenvalue weighted by Gasteiger charge is -2.38. The molecule has 1 heterocycles. The van der Waals surface area contributed by atoms with E-state index in [-0.39, 0.29) is 18.5 Å². The Morgan fingerprint density at radius 1 is 1.57 bits per heavy atom. The molecule has 0 aromatic heterocycles. The maximum atomic E-state index is 12.5. The lowest BCUT2D eigenvalue weighted by atomic mass is 9.99. The second-order valence-corrected chi connectivity index (χ2v) is 4.89. The van der Waals surface area contributed by atoms with Gasteiger partial charge in [-0.3, -0.25) is 10.1 Å². The van der Waals surface area contributed by atoms with Gasteiger partial charge in [0, 0.05) is 0 Å². The molecule has 0 atom stereocenters. The van der Waals surface area contributed by atoms with Gasteiger partial charge >= 0.3 is 12.1 Å². The third-order valence-corrected chi connectivity index (χ3v) is 3.09. The minimum atomic E-state index is -4.85. The predicted molar refractivity (Wildman–Crippen MR) is 63.3 cm³/mol. The summed E-state index contributed by atoms with van der Waals surface area (Å²) in [5, 5.41) is 9.73. The minimum absolute atomic E-state index is 0.188. The topological polar surface area (TPSA) is 87.0 Å². The van der Waals surface area contributed by atoms with Gasteiger partial charge in [0.1, 0.15) is 6.54 Å². The van der Waals surface area contributed by atoms with E-state index in [2.05, 4.69) is 4.74 Å². The van der Waals surface area contributed by atoms with Crippen LogP contribution >= 0.6 is 0 Å². The number of allylic oxidation sites excluding steroid dienone is 2. The SMILES string of the molecule is CC1(C)C(=O)[NH2+]CCN1C(=O)CO/C(=C\C#N)C(F)(F)F. The van der Waals surface area contributed by atoms with Gasteiger partial charge in [-0.25, -0.2) is 4.79 Å². The molecular weight excluding hydrogens is 291 g/mol. The number of hydrogen-bond acceptors (Lipinski definition) is 4. The molecule has 0 radical (unpaired) electrons. The number of alkyl halides is 3. The van der Waals surface area contributed by atoms with E-state index in [1.54, 1.807) is 0 Å². The van der Waals surface area contributed by atoms with Crippen LogP contribution in [0.15, 0.2) is 11.8 Å². The van der Waals surface area contributed by atoms with Crippen LogP contribution in [0.5, 0.6) is 0 Å². The Morgan fingerprint density at radius 2 is 2.19 bits per heavy atom. The lowest BCUT2D eigenvalue weighted by molar-refractivity contribution is -0.582. The van der Waals surface area contributed by atoms with Crippen LogP contribution in [-0.4, -0.2) is 48.1 Å². The summed E-state index contributed by atoms with van der Waals surface area (Å²) in [4.78, 5) is 24.8. The minimum Gasteiger partial charge on any atom is -0.478 e. The van der Waals surface area contributed by atoms with E-state index in [1.165, 1.54) is 30.1 Å². The first-order chi connectivity index (χ1) is 9.60. The molecule has 1 aliphatic heterocycles. The highest BCUT2D eigenvalue weighted by Crippen LogP contribution is 2.26. The molecule has 0 aliphatic carbocycles. The number of primary amides is 1. The van der Waals surface area contributed by atoms with Crippen LogP contribution in [0.3, 0.4) is 0 Å². The van der Waals surface area contributed by atoms with Crippen molar-refractivity contribution in [2.24, 2.45) is 0 Å². The van der Waals surface area contributed by atoms with E-state index in [0.717, 1.165) is 0 Å². The summed E-state index contributed by atoms with van der Waals surface area (Å²) in [5.41, 5.74) is -1.12. The summed E-state index contributed by atoms with van der Waals surface area (Å²) in [5.74, 6) is -2.55. The average molecular weight is 306 g/mol. The Labute approximate surface area is 119 Å². The van der Waals surface area contributed by atoms with Crippen LogP contribution in [0.1, 0.15) is 13.8 Å². The summed E-state index contributed by atoms with van der Waals surface area (Å²) in [6.45, 7) is 2.71. The Morgan fingerprint density at radius 3 is 2.71 bits per heavy atom. The van der Waals surface area contributed by atoms with Crippen LogP contribution < -0.4 is 5.32 Å². The Hall–Kier alpha value is -2.08. The number of halogens is 3. The molecule has 0 aromatic rings. The second-order valence-electron chi connectivity index (χ2n) is 4.89. The first kappa shape index (κ1) is 17.0. The lowest BCUT2D eigenvalue weighted by Crippen LogP contribution is -2.97. The van der Waals surface area contributed by atoms with Crippen LogP contribution in [0.2, 0.25) is 0 Å². The number of nitrogens with zero attached hydrogens (tertiary/aromatic N) is 2. The smallest absolute Gasteiger partial charge is 0.449 e. The fraction of sp³-hybridized carbons (Fsp3) is 0.583. The van der Waals surface area contributed by atoms with Crippen molar-refractivity contribution in [3.63, 3.8) is 0 Å². The highest BCUT2D eigenvalue weighted by Gasteiger charge is 2.44. The number of carbonyl (C=O) groups excluding carboxylic acids is 2. The van der Waals surface area contributed by atoms with Crippen molar-refractivity contribution in [2.45, 2.75) is 25.6 Å². The largest absolute Gasteiger partial charge is 0.478 e. The van der Waals surface area contributed by atoms with Gasteiger partial charge < -0.3 is 9.64 Å². The summed E-state index contributed by atoms with van der Waals surface area (Å²) >= 11 is 0. The van der Waals surface area contributed by atoms with Crippen molar-refractivity contribution >= 4 is 11.8 Å². The van der Waals surface area contributed by atoms with E-state index in [1.807, 2.05) is 0 Å². The molecule has 0 unspecified atom stereocenters. The van der Waals surface area contributed by atoms with E-state index in [9.17, 15) is 22.8 Å². The van der Waals surface area contributed by atoms with Crippen LogP contribution in [0.25, 0.3) is 0 Å². The fourth-order valence-corrected chi connectivity index (χ4v) is 1.90. The van der Waals surface area contributed by atoms with E-state index in [4.69, 9.17) is 5.26 Å². The molecule has 1 aliphatic rings. The first-order valence-corrected chi connectivity index (χ1v) is 6.08. The van der Waals surface area contributed by atoms with Crippen molar-refractivity contribution in [3.8, 4) is 6.07 Å². The Kier molecular flexibility index (Phi) is 4.96. The summed E-state index contributed by atoms with van der Waals surface area (Å²) < 4.78 is 41.8. The van der Waals surface area contributed by atoms with E-state index >= 15 is 0 Å². The maximum absolute atomic E-state index is 12.5. The molecule has 0 bridgehead atoms. The van der Waals surface area contributed by atoms with E-state index in [0.29, 0.717) is 6.54 Å². The third kappa shape index (κ3) is 3.95. The van der Waals surface area contributed by atoms with Gasteiger partial charge in [-0.2, -0.15) is 18.4 Å². The van der Waals surface area contributed by atoms with Gasteiger partial charge in [0.25, 0.3) is 5.91 Å². The van der Waals surface area contributed by atoms with Crippen LogP contribution in [-0.2, 0) is 14.3 Å². The molecule has 2 amide bonds. The Bertz CT molecular complexity index is 506. The maximum Gasteiger partial charge on any atom is 0.449 e. The highest BCUT2D eigenvalue weighted by atomic mass is 19.4. The fourth-order valence-electron chi connectivity index (χ4n) is 1.90. The number of nitriles is 1. The summed E-state index contributed by atoms with van der Waals surface area (Å²) in [6.07, 6.45) is -4.66. The molecule has 1 saturated heterocycles. The molecule has 1 fully saturated rings. The number of carbonyl (C=O) groups is 2. The molecule has 0 spiro atoms. The summed E-state index contributed by atoms with van der Waals surface area (Å²) in [6, 6.07) is 1.21. The van der Waals surface area contributed by atoms with Crippen LogP contribution in [0, 0.1) is 11.3 Å². The molecule has 6 nitrogen and oxygen atoms in total. The highest BCUT2D eigenvalue weighted by molar-refractivity contribution is 5.87. The number of nitrogens with two attached hydrogens (primary N) is 1. The molecule has 21 heavy (non-hydrogen) atoms. The first-order valence-electron chi connectivity index (χ1n) is 6.08. The van der Waals surface area contributed by atoms with Crippen molar-refractivity contribution in [2.75, 3.05) is 19.7 Å². The number of hydrogen-bond donors (Lipinski definition) is 1. The van der Waals surface area contributed by atoms with E-state index < -0.39 is 30.0 Å². The molecule has 9 heteroatoms. The van der Waals surface area contributed by atoms with Crippen molar-refractivity contribution in [3.05, 3.63) is 11.8 Å². The zero-order valence-electron chi connectivity index (χ0n) is 11.5. The van der Waals surface area contributed by atoms with Crippen LogP contribution in [0.4, 0.5) is 13.2 Å². The van der Waals surface area contributed by atoms with Gasteiger partial charge in [-0.15, -0.1) is 0 Å². The number of piperazine rings is 1. The molecule has 1 rings (SSSR count). The monoisotopic (exact) mass is 306 g/mol. The third-order valence-electron chi connectivity index (χ3n) is 3.09. The number of rotatable bonds is 3. The van der Waals surface area contributed by atoms with Gasteiger partial charge in [0.05, 0.1) is 18.7 Å². The van der Waals surface area contributed by atoms with Gasteiger partial charge in [0.15, 0.2) is 12.1 Å². The van der Waals surface area contributed by atoms with Crippen molar-refractivity contribution < 1.29 is 32.8 Å². The predicted octanol–water partition coefficient (Wildman–Crippen LogP) is -0.316. The van der Waals surface area contributed by atoms with Crippen molar-refractivity contribution in [1.82, 2.24) is 4.90 Å². The van der Waals surface area contributed by atoms with Gasteiger partial charge in [0.2, 0.25) is 5.76 Å². The molecule has 2 N–H and O–H groups in total. The van der Waals surface area contributed by atoms with Gasteiger partial charge in [-0.05, 0) is 13.8 Å². The standard InChI is InChI=1S/C12H14F3N3O3/c1-11(2)10(20)17-5-6-18(11)9(19)7-21-8(3-4-16)12(13,14)15/h3H,5-7H2,1-2H3,(H,17,20)/p+1/b8-3-. The molecule has 0 aromatic carbocycles. The van der Waals surface area contributed by atoms with Crippen molar-refractivity contribution in [1.29, 1.82) is 5.26 Å². The average Bonchev–Trinajstić information content (AvgIpc) is 2.36. The molecule has 116 valence electrons. The van der Waals surface area contributed by atoms with Gasteiger partial charge in [-0.1, -0.05) is 0 Å². The quantitative estimate of drug-likeness (QED) is 0.572. The number of amides is 2. The Balaban J connectivity index is 2.76. The number of quaternary nitrogens is 1. The zero-order chi connectivity index (χ0) is 16.3. The normalized spacial score (nSPS) is 19.1. The molecule has 0 saturated carbocycles. The number of ether oxygens (including phenoxy) is 1. The summed E-state index contributed by atoms with van der Waals surface area (Å²) in [7, 11) is 0. The zero-order valence-corrected chi connectivity index (χ0v) is 11.5. The molecular formula is C12H15F3N3O3+. The second kappa shape index (κ2) is 6.13.